The summed E-state index contributed by atoms with van der Waals surface area (Å²) in [5.74, 6) is -0.694. The molecule has 1 aliphatic heterocycles. The fourth-order valence-corrected chi connectivity index (χ4v) is 4.31. The van der Waals surface area contributed by atoms with Crippen molar-refractivity contribution in [2.45, 2.75) is 58.7 Å². The summed E-state index contributed by atoms with van der Waals surface area (Å²) in [5.41, 5.74) is 7.09. The minimum absolute atomic E-state index is 0.0142. The second kappa shape index (κ2) is 10.3. The normalized spacial score (nSPS) is 15.1. The predicted molar refractivity (Wildman–Crippen MR) is 137 cm³/mol. The molecule has 1 atom stereocenters. The number of fused-ring (bicyclic) bond motifs is 1. The number of hydrogen-bond acceptors (Lipinski definition) is 6. The topological polar surface area (TPSA) is 97.5 Å². The Kier molecular flexibility index (Phi) is 7.29. The Hall–Kier alpha value is -3.82. The highest BCUT2D eigenvalue weighted by atomic mass is 19.1. The summed E-state index contributed by atoms with van der Waals surface area (Å²) in [4.78, 5) is 27.6. The molecule has 0 saturated heterocycles. The van der Waals surface area contributed by atoms with E-state index in [0.29, 0.717) is 35.9 Å². The van der Waals surface area contributed by atoms with Crippen LogP contribution in [0.3, 0.4) is 0 Å². The van der Waals surface area contributed by atoms with Crippen LogP contribution in [0.4, 0.5) is 19.3 Å². The van der Waals surface area contributed by atoms with Crippen molar-refractivity contribution in [3.63, 3.8) is 0 Å². The number of benzene rings is 1. The number of aromatic nitrogens is 3. The van der Waals surface area contributed by atoms with Gasteiger partial charge in [-0.05, 0) is 51.0 Å². The molecule has 2 N–H and O–H groups in total. The maximum atomic E-state index is 15.3. The van der Waals surface area contributed by atoms with Crippen LogP contribution in [0.15, 0.2) is 36.7 Å². The summed E-state index contributed by atoms with van der Waals surface area (Å²) in [6.07, 6.45) is 3.85. The van der Waals surface area contributed by atoms with E-state index in [1.165, 1.54) is 11.0 Å². The van der Waals surface area contributed by atoms with Crippen LogP contribution in [-0.4, -0.2) is 51.1 Å². The Morgan fingerprint density at radius 1 is 1.22 bits per heavy atom. The highest BCUT2D eigenvalue weighted by Gasteiger charge is 2.36. The van der Waals surface area contributed by atoms with E-state index in [2.05, 4.69) is 33.7 Å². The molecule has 0 saturated carbocycles. The highest BCUT2D eigenvalue weighted by molar-refractivity contribution is 5.73. The highest BCUT2D eigenvalue weighted by Crippen LogP contribution is 2.43. The number of nitrogens with zero attached hydrogens (tertiary/aromatic N) is 5. The lowest BCUT2D eigenvalue weighted by Gasteiger charge is -2.44. The van der Waals surface area contributed by atoms with Gasteiger partial charge in [-0.1, -0.05) is 13.0 Å². The second-order valence-electron chi connectivity index (χ2n) is 10.1. The van der Waals surface area contributed by atoms with Gasteiger partial charge in [0.15, 0.2) is 17.4 Å². The molecule has 37 heavy (non-hydrogen) atoms. The molecule has 1 unspecified atom stereocenters. The van der Waals surface area contributed by atoms with Crippen LogP contribution in [0, 0.1) is 11.6 Å². The van der Waals surface area contributed by atoms with Crippen LogP contribution in [0.2, 0.25) is 0 Å². The first kappa shape index (κ1) is 26.2. The zero-order chi connectivity index (χ0) is 26.9. The van der Waals surface area contributed by atoms with Crippen molar-refractivity contribution in [1.29, 1.82) is 0 Å². The van der Waals surface area contributed by atoms with Crippen molar-refractivity contribution < 1.29 is 18.3 Å². The maximum absolute atomic E-state index is 15.3. The monoisotopic (exact) mass is 510 g/mol. The molecule has 0 aliphatic carbocycles. The van der Waals surface area contributed by atoms with E-state index >= 15 is 4.39 Å². The van der Waals surface area contributed by atoms with Crippen LogP contribution in [0.5, 0.6) is 5.75 Å². The number of carbonyl (C=O) groups excluding carboxylic acids is 1. The number of carbonyl (C=O) groups is 1. The van der Waals surface area contributed by atoms with Crippen molar-refractivity contribution in [2.75, 3.05) is 18.5 Å². The van der Waals surface area contributed by atoms with Gasteiger partial charge in [-0.3, -0.25) is 4.98 Å². The molecule has 2 amide bonds. The van der Waals surface area contributed by atoms with E-state index < -0.39 is 23.3 Å². The Morgan fingerprint density at radius 3 is 2.62 bits per heavy atom. The number of halogens is 2. The molecule has 0 bridgehead atoms. The average Bonchev–Trinajstić information content (AvgIpc) is 2.85. The number of nitrogens with two attached hydrogens (primary N) is 1. The summed E-state index contributed by atoms with van der Waals surface area (Å²) in [7, 11) is 1.60. The molecule has 2 aromatic heterocycles. The Labute approximate surface area is 215 Å². The average molecular weight is 511 g/mol. The van der Waals surface area contributed by atoms with Crippen molar-refractivity contribution in [2.24, 2.45) is 5.73 Å². The van der Waals surface area contributed by atoms with E-state index in [4.69, 9.17) is 10.5 Å². The first-order valence-electron chi connectivity index (χ1n) is 12.2. The number of hydrogen-bond donors (Lipinski definition) is 1. The molecule has 0 radical (unpaired) electrons. The lowest BCUT2D eigenvalue weighted by molar-refractivity contribution is 0.0960. The summed E-state index contributed by atoms with van der Waals surface area (Å²) >= 11 is 0. The van der Waals surface area contributed by atoms with E-state index in [0.717, 1.165) is 18.2 Å². The molecule has 10 heteroatoms. The van der Waals surface area contributed by atoms with Gasteiger partial charge in [0.1, 0.15) is 17.1 Å². The van der Waals surface area contributed by atoms with Gasteiger partial charge in [-0.2, -0.15) is 0 Å². The number of amides is 2. The zero-order valence-corrected chi connectivity index (χ0v) is 21.8. The molecule has 3 heterocycles. The van der Waals surface area contributed by atoms with Crippen molar-refractivity contribution in [1.82, 2.24) is 19.9 Å². The van der Waals surface area contributed by atoms with Crippen LogP contribution in [0.1, 0.15) is 51.2 Å². The van der Waals surface area contributed by atoms with Gasteiger partial charge >= 0.3 is 6.03 Å². The molecule has 0 spiro atoms. The number of anilines is 1. The summed E-state index contributed by atoms with van der Waals surface area (Å²) < 4.78 is 36.2. The Bertz CT molecular complexity index is 1300. The third-order valence-electron chi connectivity index (χ3n) is 6.47. The first-order valence-corrected chi connectivity index (χ1v) is 12.2. The number of ether oxygens (including phenoxy) is 1. The minimum atomic E-state index is -0.645. The standard InChI is InChI=1S/C27H32F2N6O2/c1-6-16(2)35-15-27(3,4)37-25-20(28)9-18(10-22(25)35)24-21(29)13-32-23(33-24)11-19-8-7-17(12-31-19)14-34(5)26(30)36/h7-10,12-13,16H,6,11,14-15H2,1-5H3,(H2,30,36). The number of urea groups is 1. The summed E-state index contributed by atoms with van der Waals surface area (Å²) in [6, 6.07) is 6.22. The SMILES string of the molecule is CCC(C)N1CC(C)(C)Oc2c(F)cc(-c3nc(Cc4ccc(CN(C)C(N)=O)cn4)ncc3F)cc21. The fraction of sp³-hybridized carbons (Fsp3) is 0.407. The smallest absolute Gasteiger partial charge is 0.314 e. The summed E-state index contributed by atoms with van der Waals surface area (Å²) in [5, 5.41) is 0. The van der Waals surface area contributed by atoms with Crippen molar-refractivity contribution >= 4 is 11.7 Å². The van der Waals surface area contributed by atoms with Gasteiger partial charge in [0.05, 0.1) is 24.8 Å². The van der Waals surface area contributed by atoms with E-state index in [9.17, 15) is 9.18 Å². The molecular weight excluding hydrogens is 478 g/mol. The molecule has 1 aromatic carbocycles. The van der Waals surface area contributed by atoms with Gasteiger partial charge in [0.25, 0.3) is 0 Å². The third kappa shape index (κ3) is 5.79. The summed E-state index contributed by atoms with van der Waals surface area (Å²) in [6.45, 7) is 8.89. The van der Waals surface area contributed by atoms with Gasteiger partial charge in [0, 0.05) is 37.1 Å². The van der Waals surface area contributed by atoms with Crippen LogP contribution in [0.25, 0.3) is 11.3 Å². The number of primary amides is 1. The van der Waals surface area contributed by atoms with Crippen LogP contribution in [-0.2, 0) is 13.0 Å². The third-order valence-corrected chi connectivity index (χ3v) is 6.47. The van der Waals surface area contributed by atoms with Crippen LogP contribution < -0.4 is 15.4 Å². The molecule has 3 aromatic rings. The molecule has 1 aliphatic rings. The Morgan fingerprint density at radius 2 is 1.97 bits per heavy atom. The molecule has 196 valence electrons. The van der Waals surface area contributed by atoms with E-state index in [1.54, 1.807) is 25.4 Å². The number of rotatable bonds is 7. The minimum Gasteiger partial charge on any atom is -0.481 e. The van der Waals surface area contributed by atoms with Gasteiger partial charge in [-0.25, -0.2) is 23.5 Å². The van der Waals surface area contributed by atoms with Crippen molar-refractivity contribution in [3.05, 3.63) is 65.4 Å². The first-order chi connectivity index (χ1) is 17.5. The largest absolute Gasteiger partial charge is 0.481 e. The molecule has 0 fully saturated rings. The van der Waals surface area contributed by atoms with Crippen molar-refractivity contribution in [3.8, 4) is 17.0 Å². The van der Waals surface area contributed by atoms with E-state index in [1.807, 2.05) is 19.9 Å². The fourth-order valence-electron chi connectivity index (χ4n) is 4.31. The van der Waals surface area contributed by atoms with Gasteiger partial charge in [0.2, 0.25) is 0 Å². The van der Waals surface area contributed by atoms with Gasteiger partial charge in [-0.15, -0.1) is 0 Å². The van der Waals surface area contributed by atoms with Crippen LogP contribution >= 0.6 is 0 Å². The Balaban J connectivity index is 1.64. The zero-order valence-electron chi connectivity index (χ0n) is 21.8. The molecular formula is C27H32F2N6O2. The predicted octanol–water partition coefficient (Wildman–Crippen LogP) is 4.69. The molecule has 4 rings (SSSR count). The van der Waals surface area contributed by atoms with E-state index in [-0.39, 0.29) is 23.9 Å². The second-order valence-corrected chi connectivity index (χ2v) is 10.1. The quantitative estimate of drug-likeness (QED) is 0.495. The molecule has 8 nitrogen and oxygen atoms in total. The lowest BCUT2D eigenvalue weighted by Crippen LogP contribution is -2.50. The van der Waals surface area contributed by atoms with Gasteiger partial charge < -0.3 is 20.3 Å². The lowest BCUT2D eigenvalue weighted by atomic mass is 10.00. The maximum Gasteiger partial charge on any atom is 0.314 e. The number of pyridine rings is 1.